The molecule has 0 radical (unpaired) electrons. The van der Waals surface area contributed by atoms with Crippen LogP contribution in [0.2, 0.25) is 0 Å². The van der Waals surface area contributed by atoms with Gasteiger partial charge in [-0.05, 0) is 41.4 Å². The van der Waals surface area contributed by atoms with Crippen LogP contribution in [0.15, 0.2) is 24.3 Å². The summed E-state index contributed by atoms with van der Waals surface area (Å²) in [5.74, 6) is -0.356. The summed E-state index contributed by atoms with van der Waals surface area (Å²) in [4.78, 5) is 10.7. The molecule has 0 aliphatic heterocycles. The molecule has 7 heteroatoms. The standard InChI is InChI=1S/C17H27IN2O3S/c18-11-5-3-1-2-4-6-12-24(23)20-15-9-7-14(8-10-15)13-16(19)17(21)22/h7-10,16,20H,1-6,11-13,19H2,(H,21,22)/t16-,24?/m0/s1. The lowest BCUT2D eigenvalue weighted by Gasteiger charge is -2.09. The summed E-state index contributed by atoms with van der Waals surface area (Å²) in [6, 6.07) is 6.36. The van der Waals surface area contributed by atoms with Crippen LogP contribution in [0.4, 0.5) is 5.69 Å². The van der Waals surface area contributed by atoms with E-state index in [1.807, 2.05) is 24.3 Å². The number of nitrogens with two attached hydrogens (primary N) is 1. The van der Waals surface area contributed by atoms with Crippen LogP contribution >= 0.6 is 22.6 Å². The molecule has 0 heterocycles. The van der Waals surface area contributed by atoms with Crippen LogP contribution < -0.4 is 10.5 Å². The Labute approximate surface area is 160 Å². The highest BCUT2D eigenvalue weighted by Crippen LogP contribution is 2.13. The average molecular weight is 466 g/mol. The number of rotatable bonds is 13. The second kappa shape index (κ2) is 12.7. The maximum atomic E-state index is 12.0. The third-order valence-corrected chi connectivity index (χ3v) is 5.56. The number of carbonyl (C=O) groups is 1. The van der Waals surface area contributed by atoms with E-state index in [0.29, 0.717) is 5.75 Å². The summed E-state index contributed by atoms with van der Waals surface area (Å²) in [5, 5.41) is 8.80. The largest absolute Gasteiger partial charge is 0.480 e. The summed E-state index contributed by atoms with van der Waals surface area (Å²) in [6.45, 7) is 0. The summed E-state index contributed by atoms with van der Waals surface area (Å²) in [6.07, 6.45) is 7.45. The van der Waals surface area contributed by atoms with Crippen molar-refractivity contribution in [2.45, 2.75) is 51.0 Å². The van der Waals surface area contributed by atoms with Crippen molar-refractivity contribution in [3.05, 3.63) is 29.8 Å². The predicted octanol–water partition coefficient (Wildman–Crippen LogP) is 3.49. The van der Waals surface area contributed by atoms with E-state index in [2.05, 4.69) is 27.3 Å². The molecule has 0 fully saturated rings. The number of alkyl halides is 1. The molecule has 1 aromatic rings. The van der Waals surface area contributed by atoms with Gasteiger partial charge in [0.05, 0.1) is 0 Å². The molecular formula is C17H27IN2O3S. The van der Waals surface area contributed by atoms with Crippen molar-refractivity contribution in [1.82, 2.24) is 0 Å². The molecule has 1 aromatic carbocycles. The number of halogens is 1. The summed E-state index contributed by atoms with van der Waals surface area (Å²) < 4.78 is 16.2. The number of hydrogen-bond acceptors (Lipinski definition) is 3. The maximum absolute atomic E-state index is 12.0. The fraction of sp³-hybridized carbons (Fsp3) is 0.588. The molecule has 0 bridgehead atoms. The van der Waals surface area contributed by atoms with Gasteiger partial charge < -0.3 is 15.6 Å². The molecule has 0 amide bonds. The van der Waals surface area contributed by atoms with Gasteiger partial charge in [-0.2, -0.15) is 0 Å². The van der Waals surface area contributed by atoms with E-state index < -0.39 is 23.0 Å². The van der Waals surface area contributed by atoms with Gasteiger partial charge in [-0.25, -0.2) is 4.21 Å². The zero-order valence-corrected chi connectivity index (χ0v) is 16.9. The van der Waals surface area contributed by atoms with Gasteiger partial charge in [0.2, 0.25) is 0 Å². The predicted molar refractivity (Wildman–Crippen MR) is 109 cm³/mol. The average Bonchev–Trinajstić information content (AvgIpc) is 2.55. The second-order valence-corrected chi connectivity index (χ2v) is 8.19. The lowest BCUT2D eigenvalue weighted by molar-refractivity contribution is -0.138. The van der Waals surface area contributed by atoms with Crippen molar-refractivity contribution in [3.8, 4) is 0 Å². The topological polar surface area (TPSA) is 92.4 Å². The number of nitrogens with one attached hydrogen (secondary N) is 1. The van der Waals surface area contributed by atoms with Crippen molar-refractivity contribution < 1.29 is 14.1 Å². The molecule has 1 unspecified atom stereocenters. The van der Waals surface area contributed by atoms with E-state index in [9.17, 15) is 9.00 Å². The van der Waals surface area contributed by atoms with Gasteiger partial charge in [-0.15, -0.1) is 0 Å². The Morgan fingerprint density at radius 2 is 1.71 bits per heavy atom. The minimum Gasteiger partial charge on any atom is -0.480 e. The number of aliphatic carboxylic acids is 1. The smallest absolute Gasteiger partial charge is 0.320 e. The quantitative estimate of drug-likeness (QED) is 0.236. The molecular weight excluding hydrogens is 439 g/mol. The van der Waals surface area contributed by atoms with Gasteiger partial charge in [0.25, 0.3) is 0 Å². The normalized spacial score (nSPS) is 13.4. The molecule has 1 rings (SSSR count). The van der Waals surface area contributed by atoms with Crippen LogP contribution in [0.25, 0.3) is 0 Å². The summed E-state index contributed by atoms with van der Waals surface area (Å²) >= 11 is 2.40. The first kappa shape index (κ1) is 21.4. The number of anilines is 1. The summed E-state index contributed by atoms with van der Waals surface area (Å²) in [7, 11) is -1.07. The van der Waals surface area contributed by atoms with E-state index in [0.717, 1.165) is 24.1 Å². The molecule has 2 atom stereocenters. The summed E-state index contributed by atoms with van der Waals surface area (Å²) in [5.41, 5.74) is 7.14. The van der Waals surface area contributed by atoms with Crippen molar-refractivity contribution in [1.29, 1.82) is 0 Å². The third kappa shape index (κ3) is 9.58. The lowest BCUT2D eigenvalue weighted by Crippen LogP contribution is -2.32. The number of unbranched alkanes of at least 4 members (excludes halogenated alkanes) is 5. The Morgan fingerprint density at radius 3 is 2.29 bits per heavy atom. The Kier molecular flexibility index (Phi) is 11.3. The maximum Gasteiger partial charge on any atom is 0.320 e. The monoisotopic (exact) mass is 466 g/mol. The van der Waals surface area contributed by atoms with Crippen LogP contribution in [0.1, 0.15) is 44.1 Å². The highest BCUT2D eigenvalue weighted by molar-refractivity contribution is 14.1. The van der Waals surface area contributed by atoms with Gasteiger partial charge >= 0.3 is 5.97 Å². The van der Waals surface area contributed by atoms with Gasteiger partial charge in [0.1, 0.15) is 17.0 Å². The molecule has 0 aromatic heterocycles. The molecule has 0 spiro atoms. The Balaban J connectivity index is 2.23. The Morgan fingerprint density at radius 1 is 1.12 bits per heavy atom. The van der Waals surface area contributed by atoms with Crippen molar-refractivity contribution in [2.24, 2.45) is 5.73 Å². The highest BCUT2D eigenvalue weighted by Gasteiger charge is 2.11. The van der Waals surface area contributed by atoms with Crippen molar-refractivity contribution in [2.75, 3.05) is 14.9 Å². The minimum atomic E-state index is -1.07. The minimum absolute atomic E-state index is 0.288. The molecule has 24 heavy (non-hydrogen) atoms. The fourth-order valence-corrected chi connectivity index (χ4v) is 3.77. The zero-order valence-electron chi connectivity index (χ0n) is 13.9. The molecule has 0 aliphatic carbocycles. The van der Waals surface area contributed by atoms with Gasteiger partial charge in [-0.3, -0.25) is 4.79 Å². The first-order chi connectivity index (χ1) is 11.5. The first-order valence-electron chi connectivity index (χ1n) is 8.31. The number of hydrogen-bond donors (Lipinski definition) is 3. The SMILES string of the molecule is N[C@@H](Cc1ccc(NS(=O)CCCCCCCCI)cc1)C(=O)O. The van der Waals surface area contributed by atoms with Crippen molar-refractivity contribution in [3.63, 3.8) is 0 Å². The molecule has 4 N–H and O–H groups in total. The van der Waals surface area contributed by atoms with Crippen LogP contribution in [0, 0.1) is 0 Å². The Hall–Kier alpha value is -0.670. The lowest BCUT2D eigenvalue weighted by atomic mass is 10.1. The van der Waals surface area contributed by atoms with Gasteiger partial charge in [0.15, 0.2) is 0 Å². The van der Waals surface area contributed by atoms with E-state index in [1.54, 1.807) is 0 Å². The zero-order chi connectivity index (χ0) is 17.8. The Bertz CT molecular complexity index is 511. The van der Waals surface area contributed by atoms with Crippen LogP contribution in [-0.2, 0) is 22.2 Å². The molecule has 0 saturated heterocycles. The molecule has 136 valence electrons. The first-order valence-corrected chi connectivity index (χ1v) is 11.2. The van der Waals surface area contributed by atoms with Crippen LogP contribution in [-0.4, -0.2) is 31.5 Å². The van der Waals surface area contributed by atoms with E-state index in [-0.39, 0.29) is 6.42 Å². The van der Waals surface area contributed by atoms with Gasteiger partial charge in [-0.1, -0.05) is 60.4 Å². The molecule has 0 aliphatic rings. The van der Waals surface area contributed by atoms with Crippen molar-refractivity contribution >= 4 is 45.2 Å². The van der Waals surface area contributed by atoms with Crippen LogP contribution in [0.5, 0.6) is 0 Å². The fourth-order valence-electron chi connectivity index (χ4n) is 2.27. The number of benzene rings is 1. The third-order valence-electron chi connectivity index (χ3n) is 3.67. The van der Waals surface area contributed by atoms with E-state index in [1.165, 1.54) is 30.1 Å². The number of carboxylic acids is 1. The van der Waals surface area contributed by atoms with Gasteiger partial charge in [0, 0.05) is 11.4 Å². The second-order valence-electron chi connectivity index (χ2n) is 5.81. The van der Waals surface area contributed by atoms with E-state index in [4.69, 9.17) is 10.8 Å². The number of carboxylic acid groups (broad SMARTS) is 1. The highest BCUT2D eigenvalue weighted by atomic mass is 127. The molecule has 5 nitrogen and oxygen atoms in total. The van der Waals surface area contributed by atoms with E-state index >= 15 is 0 Å². The van der Waals surface area contributed by atoms with Crippen LogP contribution in [0.3, 0.4) is 0 Å². The molecule has 0 saturated carbocycles.